The van der Waals surface area contributed by atoms with Gasteiger partial charge in [0.05, 0.1) is 12.2 Å². The van der Waals surface area contributed by atoms with Crippen LogP contribution in [0.4, 0.5) is 0 Å². The third kappa shape index (κ3) is 2.35. The summed E-state index contributed by atoms with van der Waals surface area (Å²) in [6.07, 6.45) is 5.10. The summed E-state index contributed by atoms with van der Waals surface area (Å²) in [4.78, 5) is 4.29. The van der Waals surface area contributed by atoms with Gasteiger partial charge in [-0.3, -0.25) is 0 Å². The molecule has 1 unspecified atom stereocenters. The molecule has 98 valence electrons. The normalized spacial score (nSPS) is 26.4. The molecule has 1 aromatic heterocycles. The number of pyridine rings is 1. The number of piperidine rings is 1. The number of hydrogen-bond donors (Lipinski definition) is 1. The molecule has 1 spiro atoms. The van der Waals surface area contributed by atoms with Crippen LogP contribution in [0, 0.1) is 6.92 Å². The Morgan fingerprint density at radius 3 is 3.06 bits per heavy atom. The van der Waals surface area contributed by atoms with E-state index >= 15 is 0 Å². The lowest BCUT2D eigenvalue weighted by molar-refractivity contribution is -0.0205. The molecule has 3 heterocycles. The number of rotatable bonds is 2. The van der Waals surface area contributed by atoms with Crippen LogP contribution in [0.5, 0.6) is 5.88 Å². The fraction of sp³-hybridized carbons (Fsp3) is 0.643. The summed E-state index contributed by atoms with van der Waals surface area (Å²) in [6.45, 7) is 4.82. The monoisotopic (exact) mass is 248 g/mol. The van der Waals surface area contributed by atoms with Gasteiger partial charge in [0.25, 0.3) is 0 Å². The van der Waals surface area contributed by atoms with Crippen LogP contribution in [0.25, 0.3) is 0 Å². The maximum atomic E-state index is 6.01. The molecule has 1 N–H and O–H groups in total. The van der Waals surface area contributed by atoms with E-state index < -0.39 is 0 Å². The highest BCUT2D eigenvalue weighted by atomic mass is 16.6. The molecule has 0 saturated carbocycles. The van der Waals surface area contributed by atoms with E-state index in [1.54, 1.807) is 6.20 Å². The number of nitrogens with zero attached hydrogens (tertiary/aromatic N) is 1. The first kappa shape index (κ1) is 11.9. The van der Waals surface area contributed by atoms with E-state index in [0.717, 1.165) is 43.8 Å². The van der Waals surface area contributed by atoms with Crippen molar-refractivity contribution in [1.82, 2.24) is 10.3 Å². The Bertz CT molecular complexity index is 416. The smallest absolute Gasteiger partial charge is 0.216 e. The van der Waals surface area contributed by atoms with Gasteiger partial charge in [-0.2, -0.15) is 0 Å². The molecule has 0 amide bonds. The van der Waals surface area contributed by atoms with Gasteiger partial charge in [0.2, 0.25) is 5.88 Å². The van der Waals surface area contributed by atoms with E-state index in [1.165, 1.54) is 0 Å². The van der Waals surface area contributed by atoms with Gasteiger partial charge in [0, 0.05) is 18.2 Å². The lowest BCUT2D eigenvalue weighted by Crippen LogP contribution is -2.41. The molecule has 0 aromatic carbocycles. The highest BCUT2D eigenvalue weighted by molar-refractivity contribution is 5.23. The topological polar surface area (TPSA) is 43.4 Å². The van der Waals surface area contributed by atoms with E-state index in [1.807, 2.05) is 19.1 Å². The fourth-order valence-corrected chi connectivity index (χ4v) is 2.86. The highest BCUT2D eigenvalue weighted by Crippen LogP contribution is 2.35. The summed E-state index contributed by atoms with van der Waals surface area (Å²) >= 11 is 0. The summed E-state index contributed by atoms with van der Waals surface area (Å²) < 4.78 is 12.0. The highest BCUT2D eigenvalue weighted by Gasteiger charge is 2.42. The summed E-state index contributed by atoms with van der Waals surface area (Å²) in [6, 6.07) is 3.96. The average Bonchev–Trinajstić information content (AvgIpc) is 2.76. The van der Waals surface area contributed by atoms with Crippen molar-refractivity contribution in [2.75, 3.05) is 19.7 Å². The van der Waals surface area contributed by atoms with E-state index in [9.17, 15) is 0 Å². The van der Waals surface area contributed by atoms with Crippen molar-refractivity contribution in [2.45, 2.75) is 37.9 Å². The molecular formula is C14H20N2O2. The number of ether oxygens (including phenoxy) is 2. The van der Waals surface area contributed by atoms with Gasteiger partial charge >= 0.3 is 0 Å². The molecule has 0 aliphatic carbocycles. The number of hydrogen-bond acceptors (Lipinski definition) is 4. The first-order valence-corrected chi connectivity index (χ1v) is 6.70. The Kier molecular flexibility index (Phi) is 3.22. The second-order valence-corrected chi connectivity index (χ2v) is 5.31. The van der Waals surface area contributed by atoms with Gasteiger partial charge in [-0.15, -0.1) is 0 Å². The summed E-state index contributed by atoms with van der Waals surface area (Å²) in [5, 5.41) is 3.38. The third-order valence-electron chi connectivity index (χ3n) is 3.93. The zero-order chi connectivity index (χ0) is 12.4. The van der Waals surface area contributed by atoms with Gasteiger partial charge in [0.15, 0.2) is 0 Å². The standard InChI is InChI=1S/C14H20N2O2/c1-11-3-2-6-16-13(11)18-12-9-14(17-10-12)4-7-15-8-5-14/h2-3,6,12,15H,4-5,7-10H2,1H3. The zero-order valence-corrected chi connectivity index (χ0v) is 10.8. The molecule has 0 bridgehead atoms. The molecule has 18 heavy (non-hydrogen) atoms. The van der Waals surface area contributed by atoms with Gasteiger partial charge in [-0.25, -0.2) is 4.98 Å². The third-order valence-corrected chi connectivity index (χ3v) is 3.93. The van der Waals surface area contributed by atoms with Crippen molar-refractivity contribution in [3.63, 3.8) is 0 Å². The van der Waals surface area contributed by atoms with Crippen LogP contribution in [-0.2, 0) is 4.74 Å². The van der Waals surface area contributed by atoms with Crippen LogP contribution < -0.4 is 10.1 Å². The molecule has 2 fully saturated rings. The molecule has 2 aliphatic rings. The Morgan fingerprint density at radius 2 is 2.28 bits per heavy atom. The minimum atomic E-state index is 0.0542. The van der Waals surface area contributed by atoms with Crippen molar-refractivity contribution in [3.05, 3.63) is 23.9 Å². The molecule has 2 aliphatic heterocycles. The van der Waals surface area contributed by atoms with Crippen LogP contribution in [0.2, 0.25) is 0 Å². The molecule has 2 saturated heterocycles. The Morgan fingerprint density at radius 1 is 1.44 bits per heavy atom. The van der Waals surface area contributed by atoms with Gasteiger partial charge in [-0.05, 0) is 38.9 Å². The minimum Gasteiger partial charge on any atom is -0.472 e. The van der Waals surface area contributed by atoms with E-state index in [4.69, 9.17) is 9.47 Å². The predicted molar refractivity (Wildman–Crippen MR) is 68.8 cm³/mol. The van der Waals surface area contributed by atoms with Crippen molar-refractivity contribution >= 4 is 0 Å². The largest absolute Gasteiger partial charge is 0.472 e. The van der Waals surface area contributed by atoms with Crippen molar-refractivity contribution < 1.29 is 9.47 Å². The van der Waals surface area contributed by atoms with Crippen molar-refractivity contribution in [3.8, 4) is 5.88 Å². The van der Waals surface area contributed by atoms with Gasteiger partial charge in [-0.1, -0.05) is 6.07 Å². The van der Waals surface area contributed by atoms with Crippen molar-refractivity contribution in [1.29, 1.82) is 0 Å². The SMILES string of the molecule is Cc1cccnc1OC1COC2(CCNCC2)C1. The lowest BCUT2D eigenvalue weighted by atomic mass is 9.89. The average molecular weight is 248 g/mol. The maximum Gasteiger partial charge on any atom is 0.216 e. The fourth-order valence-electron chi connectivity index (χ4n) is 2.86. The first-order valence-electron chi connectivity index (χ1n) is 6.70. The van der Waals surface area contributed by atoms with Crippen LogP contribution in [-0.4, -0.2) is 36.4 Å². The van der Waals surface area contributed by atoms with E-state index in [0.29, 0.717) is 6.61 Å². The Balaban J connectivity index is 1.64. The molecule has 1 atom stereocenters. The quantitative estimate of drug-likeness (QED) is 0.865. The van der Waals surface area contributed by atoms with Crippen molar-refractivity contribution in [2.24, 2.45) is 0 Å². The van der Waals surface area contributed by atoms with Crippen LogP contribution in [0.1, 0.15) is 24.8 Å². The zero-order valence-electron chi connectivity index (χ0n) is 10.8. The molecular weight excluding hydrogens is 228 g/mol. The molecule has 3 rings (SSSR count). The summed E-state index contributed by atoms with van der Waals surface area (Å²) in [7, 11) is 0. The minimum absolute atomic E-state index is 0.0542. The van der Waals surface area contributed by atoms with E-state index in [-0.39, 0.29) is 11.7 Å². The second kappa shape index (κ2) is 4.86. The van der Waals surface area contributed by atoms with Crippen LogP contribution in [0.15, 0.2) is 18.3 Å². The number of aromatic nitrogens is 1. The van der Waals surface area contributed by atoms with Crippen LogP contribution in [0.3, 0.4) is 0 Å². The maximum absolute atomic E-state index is 6.01. The lowest BCUT2D eigenvalue weighted by Gasteiger charge is -2.32. The summed E-state index contributed by atoms with van der Waals surface area (Å²) in [5.41, 5.74) is 1.14. The molecule has 4 heteroatoms. The van der Waals surface area contributed by atoms with Gasteiger partial charge < -0.3 is 14.8 Å². The molecule has 4 nitrogen and oxygen atoms in total. The van der Waals surface area contributed by atoms with E-state index in [2.05, 4.69) is 10.3 Å². The van der Waals surface area contributed by atoms with Crippen LogP contribution >= 0.6 is 0 Å². The Labute approximate surface area is 108 Å². The summed E-state index contributed by atoms with van der Waals surface area (Å²) in [5.74, 6) is 0.747. The second-order valence-electron chi connectivity index (χ2n) is 5.31. The number of aryl methyl sites for hydroxylation is 1. The predicted octanol–water partition coefficient (Wildman–Crippen LogP) is 1.68. The first-order chi connectivity index (χ1) is 8.77. The number of nitrogens with one attached hydrogen (secondary N) is 1. The Hall–Kier alpha value is -1.13. The van der Waals surface area contributed by atoms with Gasteiger partial charge in [0.1, 0.15) is 6.10 Å². The molecule has 0 radical (unpaired) electrons. The molecule has 1 aromatic rings.